The minimum Gasteiger partial charge on any atom is -0.349 e. The van der Waals surface area contributed by atoms with Crippen molar-refractivity contribution >= 4 is 23.2 Å². The molecule has 2 aliphatic carbocycles. The molecule has 0 aromatic carbocycles. The largest absolute Gasteiger partial charge is 0.349 e. The first-order chi connectivity index (χ1) is 11.5. The molecule has 1 saturated carbocycles. The molecule has 0 saturated heterocycles. The number of hydrogen-bond donors (Lipinski definition) is 1. The first kappa shape index (κ1) is 19.1. The van der Waals surface area contributed by atoms with E-state index < -0.39 is 6.17 Å². The fourth-order valence-electron chi connectivity index (χ4n) is 3.58. The van der Waals surface area contributed by atoms with Crippen LogP contribution < -0.4 is 5.32 Å². The molecule has 0 radical (unpaired) electrons. The highest BCUT2D eigenvalue weighted by Gasteiger charge is 2.25. The van der Waals surface area contributed by atoms with Crippen LogP contribution in [0.1, 0.15) is 58.3 Å². The van der Waals surface area contributed by atoms with E-state index >= 15 is 0 Å². The Hall–Kier alpha value is -1.23. The summed E-state index contributed by atoms with van der Waals surface area (Å²) in [5.74, 6) is 0.461. The molecule has 1 unspecified atom stereocenters. The molecule has 1 N–H and O–H groups in total. The van der Waals surface area contributed by atoms with Crippen LogP contribution in [0.25, 0.3) is 0 Å². The van der Waals surface area contributed by atoms with E-state index in [0.717, 1.165) is 12.0 Å². The number of carbonyl (C=O) groups excluding carboxylic acids is 1. The summed E-state index contributed by atoms with van der Waals surface area (Å²) in [6.45, 7) is 2.27. The number of rotatable bonds is 3. The Labute approximate surface area is 150 Å². The average Bonchev–Trinajstić information content (AvgIpc) is 2.87. The molecule has 0 spiro atoms. The lowest BCUT2D eigenvalue weighted by Crippen LogP contribution is -2.47. The molecule has 0 aliphatic heterocycles. The summed E-state index contributed by atoms with van der Waals surface area (Å²) in [4.78, 5) is 14.3. The minimum absolute atomic E-state index is 0.124. The highest BCUT2D eigenvalue weighted by molar-refractivity contribution is 7.80. The Kier molecular flexibility index (Phi) is 7.40. The van der Waals surface area contributed by atoms with Crippen LogP contribution in [0.15, 0.2) is 23.8 Å². The monoisotopic (exact) mass is 352 g/mol. The highest BCUT2D eigenvalue weighted by atomic mass is 32.1. The fraction of sp³-hybridized carbons (Fsp3) is 0.684. The smallest absolute Gasteiger partial charge is 0.230 e. The van der Waals surface area contributed by atoms with Crippen molar-refractivity contribution in [2.75, 3.05) is 7.05 Å². The van der Waals surface area contributed by atoms with Crippen LogP contribution in [-0.2, 0) is 4.79 Å². The van der Waals surface area contributed by atoms with Gasteiger partial charge >= 0.3 is 0 Å². The number of hydrogen-bond acceptors (Lipinski definition) is 2. The molecule has 3 atom stereocenters. The molecule has 134 valence electrons. The third-order valence-electron chi connectivity index (χ3n) is 5.10. The SMILES string of the molecule is C[C@@H]1CCCCC[C@@H]1N(C)C(=S)NC(=O)CC1=CCC(F)CC=C1. The average molecular weight is 353 g/mol. The van der Waals surface area contributed by atoms with Crippen molar-refractivity contribution in [1.29, 1.82) is 0 Å². The maximum absolute atomic E-state index is 13.3. The second-order valence-corrected chi connectivity index (χ2v) is 7.46. The molecule has 1 fully saturated rings. The maximum atomic E-state index is 13.3. The molecule has 0 heterocycles. The first-order valence-electron chi connectivity index (χ1n) is 9.03. The second kappa shape index (κ2) is 9.30. The summed E-state index contributed by atoms with van der Waals surface area (Å²) in [7, 11) is 1.98. The van der Waals surface area contributed by atoms with Gasteiger partial charge < -0.3 is 10.2 Å². The first-order valence-corrected chi connectivity index (χ1v) is 9.44. The molecule has 3 nitrogen and oxygen atoms in total. The van der Waals surface area contributed by atoms with E-state index in [4.69, 9.17) is 12.2 Å². The van der Waals surface area contributed by atoms with E-state index in [9.17, 15) is 9.18 Å². The van der Waals surface area contributed by atoms with Crippen molar-refractivity contribution in [3.05, 3.63) is 23.8 Å². The Morgan fingerprint density at radius 2 is 2.08 bits per heavy atom. The Bertz CT molecular complexity index is 517. The summed E-state index contributed by atoms with van der Waals surface area (Å²) >= 11 is 5.44. The highest BCUT2D eigenvalue weighted by Crippen LogP contribution is 2.26. The second-order valence-electron chi connectivity index (χ2n) is 7.07. The van der Waals surface area contributed by atoms with Crippen LogP contribution in [0, 0.1) is 5.92 Å². The van der Waals surface area contributed by atoms with Crippen molar-refractivity contribution in [1.82, 2.24) is 10.2 Å². The number of halogens is 1. The van der Waals surface area contributed by atoms with Gasteiger partial charge in [0, 0.05) is 13.1 Å². The zero-order chi connectivity index (χ0) is 17.5. The van der Waals surface area contributed by atoms with Gasteiger partial charge in [0.2, 0.25) is 5.91 Å². The molecule has 2 rings (SSSR count). The van der Waals surface area contributed by atoms with Crippen molar-refractivity contribution in [3.8, 4) is 0 Å². The van der Waals surface area contributed by atoms with Crippen LogP contribution in [0.4, 0.5) is 4.39 Å². The summed E-state index contributed by atoms with van der Waals surface area (Å²) in [6, 6.07) is 0.393. The zero-order valence-electron chi connectivity index (χ0n) is 14.8. The quantitative estimate of drug-likeness (QED) is 0.607. The van der Waals surface area contributed by atoms with E-state index in [0.29, 0.717) is 29.9 Å². The van der Waals surface area contributed by atoms with Gasteiger partial charge in [0.15, 0.2) is 5.11 Å². The molecule has 5 heteroatoms. The summed E-state index contributed by atoms with van der Waals surface area (Å²) in [5, 5.41) is 3.35. The predicted molar refractivity (Wildman–Crippen MR) is 101 cm³/mol. The molecule has 0 bridgehead atoms. The van der Waals surface area contributed by atoms with Gasteiger partial charge in [0.05, 0.1) is 6.42 Å². The van der Waals surface area contributed by atoms with Gasteiger partial charge in [-0.3, -0.25) is 4.79 Å². The molecule has 1 amide bonds. The number of allylic oxidation sites excluding steroid dienone is 3. The maximum Gasteiger partial charge on any atom is 0.230 e. The molecule has 0 aromatic rings. The van der Waals surface area contributed by atoms with Crippen LogP contribution in [0.5, 0.6) is 0 Å². The lowest BCUT2D eigenvalue weighted by atomic mass is 9.96. The van der Waals surface area contributed by atoms with Crippen LogP contribution in [-0.4, -0.2) is 35.2 Å². The third-order valence-corrected chi connectivity index (χ3v) is 5.49. The third kappa shape index (κ3) is 5.69. The van der Waals surface area contributed by atoms with Gasteiger partial charge in [-0.2, -0.15) is 0 Å². The normalized spacial score (nSPS) is 27.6. The topological polar surface area (TPSA) is 32.3 Å². The van der Waals surface area contributed by atoms with E-state index in [2.05, 4.69) is 17.1 Å². The number of alkyl halides is 1. The van der Waals surface area contributed by atoms with Crippen molar-refractivity contribution in [2.24, 2.45) is 5.92 Å². The van der Waals surface area contributed by atoms with Gasteiger partial charge in [-0.05, 0) is 49.4 Å². The number of nitrogens with zero attached hydrogens (tertiary/aromatic N) is 1. The number of amides is 1. The number of nitrogens with one attached hydrogen (secondary N) is 1. The minimum atomic E-state index is -0.842. The lowest BCUT2D eigenvalue weighted by molar-refractivity contribution is -0.119. The molecule has 0 aromatic heterocycles. The molecular weight excluding hydrogens is 323 g/mol. The standard InChI is InChI=1S/C19H29FN2OS/c1-14-7-4-3-5-10-17(14)22(2)19(24)21-18(23)13-15-8-6-9-16(20)12-11-15/h6,8,11,14,16-17H,3-5,7,9-10,12-13H2,1-2H3,(H,21,23,24)/t14-,16?,17+/m1/s1. The van der Waals surface area contributed by atoms with Gasteiger partial charge in [-0.15, -0.1) is 0 Å². The van der Waals surface area contributed by atoms with Crippen LogP contribution >= 0.6 is 12.2 Å². The summed E-state index contributed by atoms with van der Waals surface area (Å²) < 4.78 is 13.3. The van der Waals surface area contributed by atoms with E-state index in [1.54, 1.807) is 6.08 Å². The van der Waals surface area contributed by atoms with Gasteiger partial charge in [-0.25, -0.2) is 4.39 Å². The van der Waals surface area contributed by atoms with E-state index in [1.165, 1.54) is 25.7 Å². The van der Waals surface area contributed by atoms with E-state index in [-0.39, 0.29) is 12.3 Å². The molecular formula is C19H29FN2OS. The zero-order valence-corrected chi connectivity index (χ0v) is 15.6. The van der Waals surface area contributed by atoms with Crippen LogP contribution in [0.3, 0.4) is 0 Å². The van der Waals surface area contributed by atoms with Gasteiger partial charge in [0.25, 0.3) is 0 Å². The predicted octanol–water partition coefficient (Wildman–Crippen LogP) is 4.29. The van der Waals surface area contributed by atoms with Gasteiger partial charge in [0.1, 0.15) is 6.17 Å². The Morgan fingerprint density at radius 3 is 2.88 bits per heavy atom. The summed E-state index contributed by atoms with van der Waals surface area (Å²) in [6.07, 6.45) is 11.8. The van der Waals surface area contributed by atoms with Crippen molar-refractivity contribution in [2.45, 2.75) is 70.5 Å². The fourth-order valence-corrected chi connectivity index (χ4v) is 3.83. The Morgan fingerprint density at radius 1 is 1.33 bits per heavy atom. The van der Waals surface area contributed by atoms with E-state index in [1.807, 2.05) is 19.2 Å². The Balaban J connectivity index is 1.87. The van der Waals surface area contributed by atoms with Crippen LogP contribution in [0.2, 0.25) is 0 Å². The molecule has 2 aliphatic rings. The van der Waals surface area contributed by atoms with Gasteiger partial charge in [-0.1, -0.05) is 44.4 Å². The van der Waals surface area contributed by atoms with Crippen molar-refractivity contribution in [3.63, 3.8) is 0 Å². The summed E-state index contributed by atoms with van der Waals surface area (Å²) in [5.41, 5.74) is 0.862. The number of carbonyl (C=O) groups is 1. The number of thiocarbonyl (C=S) groups is 1. The van der Waals surface area contributed by atoms with Crippen molar-refractivity contribution < 1.29 is 9.18 Å². The molecule has 24 heavy (non-hydrogen) atoms. The lowest BCUT2D eigenvalue weighted by Gasteiger charge is -2.33.